The van der Waals surface area contributed by atoms with Crippen molar-refractivity contribution in [1.29, 1.82) is 0 Å². The average molecular weight is 262 g/mol. The molecule has 0 aliphatic heterocycles. The van der Waals surface area contributed by atoms with E-state index in [-0.39, 0.29) is 0 Å². The summed E-state index contributed by atoms with van der Waals surface area (Å²) in [6.45, 7) is 4.24. The topological polar surface area (TPSA) is 40.5 Å². The van der Waals surface area contributed by atoms with Crippen LogP contribution in [0, 0.1) is 23.7 Å². The van der Waals surface area contributed by atoms with E-state index in [1.54, 1.807) is 0 Å². The van der Waals surface area contributed by atoms with E-state index in [1.165, 1.54) is 25.7 Å². The van der Waals surface area contributed by atoms with Crippen molar-refractivity contribution in [3.63, 3.8) is 0 Å². The molecule has 19 heavy (non-hydrogen) atoms. The first-order valence-electron chi connectivity index (χ1n) is 8.18. The van der Waals surface area contributed by atoms with Crippen molar-refractivity contribution >= 4 is 0 Å². The molecular formula is C17H26O2. The second kappa shape index (κ2) is 3.85. The van der Waals surface area contributed by atoms with Crippen LogP contribution in [0.3, 0.4) is 0 Å². The van der Waals surface area contributed by atoms with E-state index < -0.39 is 11.2 Å². The molecule has 0 aromatic rings. The number of hydrogen-bond donors (Lipinski definition) is 2. The van der Waals surface area contributed by atoms with Gasteiger partial charge in [0.15, 0.2) is 0 Å². The molecule has 4 rings (SSSR count). The number of rotatable bonds is 7. The third kappa shape index (κ3) is 1.99. The van der Waals surface area contributed by atoms with E-state index in [0.717, 1.165) is 31.3 Å². The molecule has 2 heteroatoms. The molecule has 0 radical (unpaired) electrons. The molecule has 0 aromatic carbocycles. The lowest BCUT2D eigenvalue weighted by molar-refractivity contribution is -0.0282. The first-order valence-corrected chi connectivity index (χ1v) is 8.18. The highest BCUT2D eigenvalue weighted by atomic mass is 16.3. The lowest BCUT2D eigenvalue weighted by Gasteiger charge is -2.37. The molecule has 4 fully saturated rings. The fourth-order valence-corrected chi connectivity index (χ4v) is 4.23. The smallest absolute Gasteiger partial charge is 0.0911 e. The minimum absolute atomic E-state index is 0.440. The highest BCUT2D eigenvalue weighted by Gasteiger charge is 2.59. The fraction of sp³-hybridized carbons (Fsp3) is 0.882. The van der Waals surface area contributed by atoms with Crippen LogP contribution in [0.25, 0.3) is 0 Å². The monoisotopic (exact) mass is 262 g/mol. The zero-order valence-electron chi connectivity index (χ0n) is 11.8. The van der Waals surface area contributed by atoms with Gasteiger partial charge in [-0.05, 0) is 80.6 Å². The van der Waals surface area contributed by atoms with Crippen molar-refractivity contribution in [2.75, 3.05) is 0 Å². The summed E-state index contributed by atoms with van der Waals surface area (Å²) in [5.74, 6) is 1.85. The minimum atomic E-state index is -0.641. The van der Waals surface area contributed by atoms with E-state index in [9.17, 15) is 10.2 Å². The molecule has 4 aliphatic carbocycles. The highest BCUT2D eigenvalue weighted by Crippen LogP contribution is 2.59. The summed E-state index contributed by atoms with van der Waals surface area (Å²) >= 11 is 0. The van der Waals surface area contributed by atoms with Gasteiger partial charge in [-0.3, -0.25) is 0 Å². The maximum atomic E-state index is 11.1. The van der Waals surface area contributed by atoms with Gasteiger partial charge in [0.25, 0.3) is 0 Å². The Morgan fingerprint density at radius 2 is 1.16 bits per heavy atom. The molecule has 0 unspecified atom stereocenters. The van der Waals surface area contributed by atoms with Crippen LogP contribution in [-0.4, -0.2) is 21.4 Å². The normalized spacial score (nSPS) is 28.5. The Balaban J connectivity index is 1.52. The number of aliphatic hydroxyl groups is 2. The molecule has 2 N–H and O–H groups in total. The van der Waals surface area contributed by atoms with E-state index in [1.807, 2.05) is 0 Å². The van der Waals surface area contributed by atoms with Gasteiger partial charge in [0.2, 0.25) is 0 Å². The molecule has 0 spiro atoms. The second-order valence-electron chi connectivity index (χ2n) is 7.69. The van der Waals surface area contributed by atoms with Gasteiger partial charge in [0, 0.05) is 6.42 Å². The lowest BCUT2D eigenvalue weighted by Crippen LogP contribution is -2.42. The zero-order valence-corrected chi connectivity index (χ0v) is 11.8. The Bertz CT molecular complexity index is 373. The SMILES string of the molecule is C=C(CC(O)(C1CC1)C1CC1)C(O)(C1CC1)C1CC1. The quantitative estimate of drug-likeness (QED) is 0.692. The van der Waals surface area contributed by atoms with Crippen molar-refractivity contribution in [3.8, 4) is 0 Å². The zero-order chi connectivity index (χ0) is 13.3. The van der Waals surface area contributed by atoms with Crippen molar-refractivity contribution in [3.05, 3.63) is 12.2 Å². The maximum absolute atomic E-state index is 11.1. The van der Waals surface area contributed by atoms with E-state index >= 15 is 0 Å². The molecule has 2 nitrogen and oxygen atoms in total. The van der Waals surface area contributed by atoms with Crippen LogP contribution in [0.4, 0.5) is 0 Å². The first-order chi connectivity index (χ1) is 9.05. The van der Waals surface area contributed by atoms with Crippen LogP contribution in [0.15, 0.2) is 12.2 Å². The van der Waals surface area contributed by atoms with E-state index in [2.05, 4.69) is 6.58 Å². The Morgan fingerprint density at radius 1 is 0.789 bits per heavy atom. The summed E-state index contributed by atoms with van der Waals surface area (Å²) in [4.78, 5) is 0. The Labute approximate surface area is 115 Å². The molecule has 0 heterocycles. The Kier molecular flexibility index (Phi) is 2.52. The first kappa shape index (κ1) is 12.4. The molecule has 0 aromatic heterocycles. The van der Waals surface area contributed by atoms with Gasteiger partial charge in [0.05, 0.1) is 11.2 Å². The summed E-state index contributed by atoms with van der Waals surface area (Å²) in [6, 6.07) is 0. The predicted molar refractivity (Wildman–Crippen MR) is 74.6 cm³/mol. The molecule has 106 valence electrons. The molecular weight excluding hydrogens is 236 g/mol. The van der Waals surface area contributed by atoms with Gasteiger partial charge >= 0.3 is 0 Å². The van der Waals surface area contributed by atoms with Crippen molar-refractivity contribution in [1.82, 2.24) is 0 Å². The van der Waals surface area contributed by atoms with Crippen molar-refractivity contribution in [2.24, 2.45) is 23.7 Å². The minimum Gasteiger partial charge on any atom is -0.389 e. The Morgan fingerprint density at radius 3 is 1.47 bits per heavy atom. The summed E-state index contributed by atoms with van der Waals surface area (Å²) in [6.07, 6.45) is 9.95. The van der Waals surface area contributed by atoms with Gasteiger partial charge in [0.1, 0.15) is 0 Å². The molecule has 4 aliphatic rings. The molecule has 4 saturated carbocycles. The van der Waals surface area contributed by atoms with Gasteiger partial charge in [-0.2, -0.15) is 0 Å². The van der Waals surface area contributed by atoms with Gasteiger partial charge in [-0.25, -0.2) is 0 Å². The van der Waals surface area contributed by atoms with Crippen LogP contribution >= 0.6 is 0 Å². The molecule has 0 saturated heterocycles. The van der Waals surface area contributed by atoms with Crippen molar-refractivity contribution < 1.29 is 10.2 Å². The third-order valence-electron chi connectivity index (χ3n) is 6.03. The standard InChI is InChI=1S/C17H26O2/c1-11(17(19,14-6-7-14)15-8-9-15)10-16(18,12-2-3-12)13-4-5-13/h12-15,18-19H,1-10H2. The number of hydrogen-bond acceptors (Lipinski definition) is 2. The predicted octanol–water partition coefficient (Wildman–Crippen LogP) is 3.03. The van der Waals surface area contributed by atoms with Gasteiger partial charge in [-0.1, -0.05) is 6.58 Å². The largest absolute Gasteiger partial charge is 0.389 e. The molecule has 0 amide bonds. The van der Waals surface area contributed by atoms with Gasteiger partial charge in [-0.15, -0.1) is 0 Å². The van der Waals surface area contributed by atoms with E-state index in [4.69, 9.17) is 0 Å². The summed E-state index contributed by atoms with van der Waals surface area (Å²) in [5.41, 5.74) is -0.217. The maximum Gasteiger partial charge on any atom is 0.0911 e. The lowest BCUT2D eigenvalue weighted by atomic mass is 9.76. The van der Waals surface area contributed by atoms with Crippen LogP contribution < -0.4 is 0 Å². The Hall–Kier alpha value is -0.340. The summed E-state index contributed by atoms with van der Waals surface area (Å²) in [7, 11) is 0. The van der Waals surface area contributed by atoms with E-state index in [0.29, 0.717) is 30.1 Å². The van der Waals surface area contributed by atoms with Crippen LogP contribution in [0.1, 0.15) is 57.8 Å². The third-order valence-corrected chi connectivity index (χ3v) is 6.03. The average Bonchev–Trinajstić information content (AvgIpc) is 3.26. The summed E-state index contributed by atoms with van der Waals surface area (Å²) < 4.78 is 0. The van der Waals surface area contributed by atoms with Gasteiger partial charge < -0.3 is 10.2 Å². The second-order valence-corrected chi connectivity index (χ2v) is 7.69. The summed E-state index contributed by atoms with van der Waals surface area (Å²) in [5, 5.41) is 22.2. The molecule has 0 atom stereocenters. The fourth-order valence-electron chi connectivity index (χ4n) is 4.23. The van der Waals surface area contributed by atoms with Crippen molar-refractivity contribution in [2.45, 2.75) is 69.0 Å². The van der Waals surface area contributed by atoms with Crippen LogP contribution in [-0.2, 0) is 0 Å². The molecule has 0 bridgehead atoms. The highest BCUT2D eigenvalue weighted by molar-refractivity contribution is 5.26. The van der Waals surface area contributed by atoms with Crippen LogP contribution in [0.5, 0.6) is 0 Å². The van der Waals surface area contributed by atoms with Crippen LogP contribution in [0.2, 0.25) is 0 Å².